The van der Waals surface area contributed by atoms with Crippen molar-refractivity contribution in [3.63, 3.8) is 0 Å². The summed E-state index contributed by atoms with van der Waals surface area (Å²) in [6.07, 6.45) is 1.94. The molecule has 0 spiro atoms. The zero-order valence-electron chi connectivity index (χ0n) is 11.3. The fraction of sp³-hybridized carbons (Fsp3) is 0.0667. The van der Waals surface area contributed by atoms with Crippen LogP contribution in [-0.2, 0) is 0 Å². The van der Waals surface area contributed by atoms with Crippen LogP contribution < -0.4 is 11.5 Å². The lowest BCUT2D eigenvalue weighted by molar-refractivity contribution is 0.555. The third-order valence-electron chi connectivity index (χ3n) is 3.50. The summed E-state index contributed by atoms with van der Waals surface area (Å²) < 4.78 is 6.93. The predicted octanol–water partition coefficient (Wildman–Crippen LogP) is 2.33. The Bertz CT molecular complexity index is 1040. The van der Waals surface area contributed by atoms with E-state index in [0.717, 1.165) is 16.8 Å². The normalized spacial score (nSPS) is 11.5. The van der Waals surface area contributed by atoms with Gasteiger partial charge in [0.2, 0.25) is 0 Å². The van der Waals surface area contributed by atoms with Gasteiger partial charge in [-0.05, 0) is 30.7 Å². The third-order valence-corrected chi connectivity index (χ3v) is 3.50. The van der Waals surface area contributed by atoms with E-state index >= 15 is 0 Å². The first kappa shape index (κ1) is 11.8. The van der Waals surface area contributed by atoms with Crippen LogP contribution >= 0.6 is 0 Å². The highest BCUT2D eigenvalue weighted by atomic mass is 16.4. The number of hydrogen-bond acceptors (Lipinski definition) is 4. The molecule has 0 saturated heterocycles. The van der Waals surface area contributed by atoms with E-state index < -0.39 is 5.76 Å². The van der Waals surface area contributed by atoms with Gasteiger partial charge in [-0.1, -0.05) is 12.1 Å². The number of nitrogens with zero attached hydrogens (tertiary/aromatic N) is 2. The van der Waals surface area contributed by atoms with E-state index in [9.17, 15) is 4.79 Å². The molecule has 0 saturated carbocycles. The highest BCUT2D eigenvalue weighted by Crippen LogP contribution is 2.28. The number of aryl methyl sites for hydroxylation is 1. The number of hydrogen-bond donors (Lipinski definition) is 2. The van der Waals surface area contributed by atoms with Crippen molar-refractivity contribution in [2.24, 2.45) is 0 Å². The molecule has 0 radical (unpaired) electrons. The number of oxazole rings is 1. The molecule has 4 rings (SSSR count). The summed E-state index contributed by atoms with van der Waals surface area (Å²) in [6.45, 7) is 2.00. The van der Waals surface area contributed by atoms with Crippen LogP contribution in [0.3, 0.4) is 0 Å². The average molecular weight is 280 g/mol. The molecule has 3 heterocycles. The minimum atomic E-state index is -0.472. The number of fused-ring (bicyclic) bond motifs is 2. The lowest BCUT2D eigenvalue weighted by atomic mass is 10.1. The molecule has 0 aliphatic carbocycles. The van der Waals surface area contributed by atoms with Crippen LogP contribution in [0.25, 0.3) is 28.0 Å². The SMILES string of the molecule is Cc1ccc2nc(-c3ccc4[nH]c(=O)oc4c3)c(N)n2c1. The summed E-state index contributed by atoms with van der Waals surface area (Å²) in [4.78, 5) is 18.4. The first-order valence-electron chi connectivity index (χ1n) is 6.49. The Kier molecular flexibility index (Phi) is 2.24. The van der Waals surface area contributed by atoms with E-state index in [-0.39, 0.29) is 0 Å². The first-order valence-corrected chi connectivity index (χ1v) is 6.49. The molecule has 0 aliphatic heterocycles. The lowest BCUT2D eigenvalue weighted by Gasteiger charge is -2.00. The van der Waals surface area contributed by atoms with Gasteiger partial charge in [-0.15, -0.1) is 0 Å². The highest BCUT2D eigenvalue weighted by molar-refractivity contribution is 5.83. The number of nitrogen functional groups attached to an aromatic ring is 1. The molecule has 6 nitrogen and oxygen atoms in total. The van der Waals surface area contributed by atoms with Gasteiger partial charge < -0.3 is 10.2 Å². The van der Waals surface area contributed by atoms with Gasteiger partial charge >= 0.3 is 5.76 Å². The Morgan fingerprint density at radius 1 is 1.29 bits per heavy atom. The van der Waals surface area contributed by atoms with Crippen LogP contribution in [-0.4, -0.2) is 14.4 Å². The van der Waals surface area contributed by atoms with Crippen molar-refractivity contribution in [3.8, 4) is 11.3 Å². The van der Waals surface area contributed by atoms with Crippen molar-refractivity contribution in [3.05, 3.63) is 52.6 Å². The van der Waals surface area contributed by atoms with Crippen molar-refractivity contribution in [1.29, 1.82) is 0 Å². The molecule has 0 unspecified atom stereocenters. The van der Waals surface area contributed by atoms with Gasteiger partial charge in [0.1, 0.15) is 17.2 Å². The topological polar surface area (TPSA) is 89.3 Å². The molecule has 0 bridgehead atoms. The summed E-state index contributed by atoms with van der Waals surface area (Å²) in [7, 11) is 0. The largest absolute Gasteiger partial charge is 0.417 e. The number of imidazole rings is 1. The van der Waals surface area contributed by atoms with E-state index in [1.807, 2.05) is 35.7 Å². The van der Waals surface area contributed by atoms with E-state index in [1.54, 1.807) is 12.1 Å². The van der Waals surface area contributed by atoms with E-state index in [0.29, 0.717) is 22.6 Å². The summed E-state index contributed by atoms with van der Waals surface area (Å²) in [5.41, 5.74) is 10.7. The number of H-pyrrole nitrogens is 1. The maximum atomic E-state index is 11.2. The lowest BCUT2D eigenvalue weighted by Crippen LogP contribution is -1.94. The minimum Gasteiger partial charge on any atom is -0.408 e. The second-order valence-electron chi connectivity index (χ2n) is 5.01. The fourth-order valence-corrected chi connectivity index (χ4v) is 2.47. The van der Waals surface area contributed by atoms with Crippen LogP contribution in [0, 0.1) is 6.92 Å². The van der Waals surface area contributed by atoms with Gasteiger partial charge in [0.25, 0.3) is 0 Å². The number of pyridine rings is 1. The maximum absolute atomic E-state index is 11.2. The summed E-state index contributed by atoms with van der Waals surface area (Å²) in [5, 5.41) is 0. The zero-order chi connectivity index (χ0) is 14.6. The van der Waals surface area contributed by atoms with Gasteiger partial charge in [-0.2, -0.15) is 0 Å². The molecule has 3 aromatic heterocycles. The quantitative estimate of drug-likeness (QED) is 0.560. The van der Waals surface area contributed by atoms with Gasteiger partial charge in [0, 0.05) is 11.8 Å². The van der Waals surface area contributed by atoms with Crippen molar-refractivity contribution in [2.45, 2.75) is 6.92 Å². The second kappa shape index (κ2) is 3.99. The molecular formula is C15H12N4O2. The number of benzene rings is 1. The Balaban J connectivity index is 1.98. The molecule has 6 heteroatoms. The molecule has 21 heavy (non-hydrogen) atoms. The smallest absolute Gasteiger partial charge is 0.408 e. The number of anilines is 1. The number of nitrogens with two attached hydrogens (primary N) is 1. The Morgan fingerprint density at radius 3 is 3.00 bits per heavy atom. The van der Waals surface area contributed by atoms with E-state index in [2.05, 4.69) is 9.97 Å². The fourth-order valence-electron chi connectivity index (χ4n) is 2.47. The average Bonchev–Trinajstić information content (AvgIpc) is 2.98. The summed E-state index contributed by atoms with van der Waals surface area (Å²) >= 11 is 0. The predicted molar refractivity (Wildman–Crippen MR) is 80.2 cm³/mol. The molecule has 0 atom stereocenters. The van der Waals surface area contributed by atoms with Crippen LogP contribution in [0.15, 0.2) is 45.7 Å². The third kappa shape index (κ3) is 1.73. The van der Waals surface area contributed by atoms with Crippen molar-refractivity contribution < 1.29 is 4.42 Å². The van der Waals surface area contributed by atoms with Gasteiger partial charge in [0.15, 0.2) is 5.58 Å². The molecule has 4 aromatic rings. The van der Waals surface area contributed by atoms with Crippen LogP contribution in [0.4, 0.5) is 5.82 Å². The Hall–Kier alpha value is -3.02. The number of aromatic amines is 1. The van der Waals surface area contributed by atoms with Gasteiger partial charge in [-0.3, -0.25) is 9.38 Å². The van der Waals surface area contributed by atoms with Crippen molar-refractivity contribution >= 4 is 22.6 Å². The van der Waals surface area contributed by atoms with Gasteiger partial charge in [-0.25, -0.2) is 9.78 Å². The minimum absolute atomic E-state index is 0.472. The first-order chi connectivity index (χ1) is 10.1. The Labute approximate surface area is 118 Å². The molecule has 104 valence electrons. The van der Waals surface area contributed by atoms with Crippen molar-refractivity contribution in [1.82, 2.24) is 14.4 Å². The molecule has 3 N–H and O–H groups in total. The van der Waals surface area contributed by atoms with E-state index in [1.165, 1.54) is 0 Å². The zero-order valence-corrected chi connectivity index (χ0v) is 11.3. The standard InChI is InChI=1S/C15H12N4O2/c1-8-2-5-12-18-13(14(16)19(12)7-8)9-3-4-10-11(6-9)21-15(20)17-10/h2-7H,16H2,1H3,(H,17,20). The number of rotatable bonds is 1. The van der Waals surface area contributed by atoms with Crippen LogP contribution in [0.1, 0.15) is 5.56 Å². The monoisotopic (exact) mass is 280 g/mol. The molecular weight excluding hydrogens is 268 g/mol. The van der Waals surface area contributed by atoms with Crippen LogP contribution in [0.5, 0.6) is 0 Å². The molecule has 0 amide bonds. The maximum Gasteiger partial charge on any atom is 0.417 e. The highest BCUT2D eigenvalue weighted by Gasteiger charge is 2.13. The van der Waals surface area contributed by atoms with Crippen molar-refractivity contribution in [2.75, 3.05) is 5.73 Å². The molecule has 0 aliphatic rings. The molecule has 0 fully saturated rings. The number of aromatic nitrogens is 3. The van der Waals surface area contributed by atoms with Crippen LogP contribution in [0.2, 0.25) is 0 Å². The second-order valence-corrected chi connectivity index (χ2v) is 5.01. The number of nitrogens with one attached hydrogen (secondary N) is 1. The van der Waals surface area contributed by atoms with E-state index in [4.69, 9.17) is 10.2 Å². The summed E-state index contributed by atoms with van der Waals surface area (Å²) in [5.74, 6) is 0.0895. The Morgan fingerprint density at radius 2 is 2.14 bits per heavy atom. The summed E-state index contributed by atoms with van der Waals surface area (Å²) in [6, 6.07) is 9.31. The van der Waals surface area contributed by atoms with Gasteiger partial charge in [0.05, 0.1) is 5.52 Å². The molecule has 1 aromatic carbocycles.